The lowest BCUT2D eigenvalue weighted by Gasteiger charge is -2.16. The highest BCUT2D eigenvalue weighted by atomic mass is 19.4. The van der Waals surface area contributed by atoms with Gasteiger partial charge in [0.1, 0.15) is 12.4 Å². The lowest BCUT2D eigenvalue weighted by atomic mass is 10.2. The summed E-state index contributed by atoms with van der Waals surface area (Å²) in [5.74, 6) is -0.248. The van der Waals surface area contributed by atoms with Crippen molar-refractivity contribution in [3.8, 4) is 0 Å². The third-order valence-corrected chi connectivity index (χ3v) is 3.99. The first-order valence-electron chi connectivity index (χ1n) is 8.94. The second-order valence-corrected chi connectivity index (χ2v) is 6.63. The number of alkyl halides is 3. The average Bonchev–Trinajstić information content (AvgIpc) is 3.18. The van der Waals surface area contributed by atoms with Crippen molar-refractivity contribution in [3.63, 3.8) is 0 Å². The van der Waals surface area contributed by atoms with E-state index in [1.54, 1.807) is 56.8 Å². The van der Waals surface area contributed by atoms with Crippen molar-refractivity contribution >= 4 is 23.4 Å². The summed E-state index contributed by atoms with van der Waals surface area (Å²) in [6.07, 6.45) is -1.32. The summed E-state index contributed by atoms with van der Waals surface area (Å²) in [6.45, 7) is 0.248. The lowest BCUT2D eigenvalue weighted by Crippen LogP contribution is -2.19. The average molecular weight is 419 g/mol. The largest absolute Gasteiger partial charge is 0.433 e. The SMILES string of the molecule is CN(C)c1cc(C(F)(F)F)nc(NCc2cccc(NC(=O)Cn3cccn3)c2)n1. The van der Waals surface area contributed by atoms with Gasteiger partial charge in [0.25, 0.3) is 0 Å². The second kappa shape index (κ2) is 8.80. The molecule has 0 saturated heterocycles. The molecule has 0 radical (unpaired) electrons. The molecule has 0 fully saturated rings. The normalized spacial score (nSPS) is 11.2. The fraction of sp³-hybridized carbons (Fsp3) is 0.263. The molecule has 2 N–H and O–H groups in total. The fourth-order valence-corrected chi connectivity index (χ4v) is 2.57. The topological polar surface area (TPSA) is 88.0 Å². The van der Waals surface area contributed by atoms with Gasteiger partial charge in [-0.05, 0) is 23.8 Å². The van der Waals surface area contributed by atoms with Crippen LogP contribution < -0.4 is 15.5 Å². The van der Waals surface area contributed by atoms with Crippen LogP contribution in [0.2, 0.25) is 0 Å². The van der Waals surface area contributed by atoms with E-state index in [1.807, 2.05) is 0 Å². The van der Waals surface area contributed by atoms with Crippen LogP contribution in [0, 0.1) is 0 Å². The molecule has 8 nitrogen and oxygen atoms in total. The van der Waals surface area contributed by atoms with Crippen LogP contribution in [0.1, 0.15) is 11.3 Å². The van der Waals surface area contributed by atoms with Crippen molar-refractivity contribution in [2.24, 2.45) is 0 Å². The number of amides is 1. The van der Waals surface area contributed by atoms with Crippen LogP contribution in [0.4, 0.5) is 30.6 Å². The van der Waals surface area contributed by atoms with Gasteiger partial charge in [-0.3, -0.25) is 9.48 Å². The molecular weight excluding hydrogens is 399 g/mol. The quantitative estimate of drug-likeness (QED) is 0.612. The van der Waals surface area contributed by atoms with E-state index in [-0.39, 0.29) is 30.8 Å². The minimum absolute atomic E-state index is 0.0703. The van der Waals surface area contributed by atoms with Crippen molar-refractivity contribution in [1.29, 1.82) is 0 Å². The number of halogens is 3. The zero-order valence-corrected chi connectivity index (χ0v) is 16.3. The minimum Gasteiger partial charge on any atom is -0.363 e. The molecule has 1 amide bonds. The van der Waals surface area contributed by atoms with Crippen LogP contribution in [0.5, 0.6) is 0 Å². The van der Waals surface area contributed by atoms with E-state index in [9.17, 15) is 18.0 Å². The molecule has 0 saturated carbocycles. The lowest BCUT2D eigenvalue weighted by molar-refractivity contribution is -0.141. The molecule has 0 aliphatic carbocycles. The molecule has 3 aromatic rings. The summed E-state index contributed by atoms with van der Waals surface area (Å²) in [4.78, 5) is 21.2. The van der Waals surface area contributed by atoms with E-state index < -0.39 is 11.9 Å². The third kappa shape index (κ3) is 5.69. The molecular formula is C19H20F3N7O. The number of carbonyl (C=O) groups excluding carboxylic acids is 1. The van der Waals surface area contributed by atoms with Gasteiger partial charge in [0.15, 0.2) is 5.69 Å². The highest BCUT2D eigenvalue weighted by molar-refractivity contribution is 5.90. The van der Waals surface area contributed by atoms with Crippen LogP contribution >= 0.6 is 0 Å². The Bertz CT molecular complexity index is 1000. The Labute approximate surface area is 170 Å². The highest BCUT2D eigenvalue weighted by Crippen LogP contribution is 2.30. The van der Waals surface area contributed by atoms with Crippen LogP contribution in [0.25, 0.3) is 0 Å². The van der Waals surface area contributed by atoms with E-state index in [0.717, 1.165) is 11.6 Å². The van der Waals surface area contributed by atoms with Gasteiger partial charge in [0, 0.05) is 44.8 Å². The number of nitrogens with zero attached hydrogens (tertiary/aromatic N) is 5. The number of aromatic nitrogens is 4. The number of rotatable bonds is 7. The second-order valence-electron chi connectivity index (χ2n) is 6.63. The molecule has 0 spiro atoms. The highest BCUT2D eigenvalue weighted by Gasteiger charge is 2.34. The van der Waals surface area contributed by atoms with E-state index in [0.29, 0.717) is 5.69 Å². The molecule has 2 aromatic heterocycles. The predicted molar refractivity (Wildman–Crippen MR) is 106 cm³/mol. The Kier molecular flexibility index (Phi) is 6.19. The van der Waals surface area contributed by atoms with Crippen molar-refractivity contribution in [3.05, 3.63) is 60.0 Å². The standard InChI is InChI=1S/C19H20F3N7O/c1-28(2)16-10-15(19(20,21)22)26-18(27-16)23-11-13-5-3-6-14(9-13)25-17(30)12-29-8-4-7-24-29/h3-10H,11-12H2,1-2H3,(H,25,30)(H,23,26,27). The van der Waals surface area contributed by atoms with Gasteiger partial charge in [-0.1, -0.05) is 12.1 Å². The van der Waals surface area contributed by atoms with Crippen molar-refractivity contribution < 1.29 is 18.0 Å². The first-order valence-corrected chi connectivity index (χ1v) is 8.94. The molecule has 11 heteroatoms. The fourth-order valence-electron chi connectivity index (χ4n) is 2.57. The van der Waals surface area contributed by atoms with Crippen LogP contribution in [0.15, 0.2) is 48.8 Å². The first kappa shape index (κ1) is 21.1. The van der Waals surface area contributed by atoms with Crippen molar-refractivity contribution in [1.82, 2.24) is 19.7 Å². The molecule has 30 heavy (non-hydrogen) atoms. The molecule has 0 unspecified atom stereocenters. The molecule has 0 aliphatic heterocycles. The summed E-state index contributed by atoms with van der Waals surface area (Å²) in [5, 5.41) is 9.54. The maximum atomic E-state index is 13.1. The summed E-state index contributed by atoms with van der Waals surface area (Å²) < 4.78 is 40.8. The van der Waals surface area contributed by atoms with Crippen LogP contribution in [0.3, 0.4) is 0 Å². The van der Waals surface area contributed by atoms with Crippen LogP contribution in [-0.4, -0.2) is 39.8 Å². The third-order valence-electron chi connectivity index (χ3n) is 3.99. The van der Waals surface area contributed by atoms with Gasteiger partial charge in [0.05, 0.1) is 0 Å². The Morgan fingerprint density at radius 3 is 2.63 bits per heavy atom. The van der Waals surface area contributed by atoms with Gasteiger partial charge in [0.2, 0.25) is 11.9 Å². The van der Waals surface area contributed by atoms with E-state index in [1.165, 1.54) is 9.58 Å². The Balaban J connectivity index is 1.68. The van der Waals surface area contributed by atoms with Crippen LogP contribution in [-0.2, 0) is 24.1 Å². The Hall–Kier alpha value is -3.63. The Morgan fingerprint density at radius 1 is 1.17 bits per heavy atom. The number of nitrogens with one attached hydrogen (secondary N) is 2. The molecule has 2 heterocycles. The summed E-state index contributed by atoms with van der Waals surface area (Å²) >= 11 is 0. The number of hydrogen-bond donors (Lipinski definition) is 2. The Morgan fingerprint density at radius 2 is 1.97 bits per heavy atom. The maximum Gasteiger partial charge on any atom is 0.433 e. The van der Waals surface area contributed by atoms with Crippen molar-refractivity contribution in [2.45, 2.75) is 19.3 Å². The van der Waals surface area contributed by atoms with Gasteiger partial charge < -0.3 is 15.5 Å². The van der Waals surface area contributed by atoms with E-state index in [2.05, 4.69) is 25.7 Å². The first-order chi connectivity index (χ1) is 14.2. The van der Waals surface area contributed by atoms with Gasteiger partial charge >= 0.3 is 6.18 Å². The molecule has 0 bridgehead atoms. The minimum atomic E-state index is -4.58. The maximum absolute atomic E-state index is 13.1. The van der Waals surface area contributed by atoms with Gasteiger partial charge in [-0.25, -0.2) is 4.98 Å². The van der Waals surface area contributed by atoms with Gasteiger partial charge in [-0.2, -0.15) is 23.3 Å². The predicted octanol–water partition coefficient (Wildman–Crippen LogP) is 3.01. The molecule has 0 aliphatic rings. The molecule has 158 valence electrons. The van der Waals surface area contributed by atoms with E-state index in [4.69, 9.17) is 0 Å². The monoisotopic (exact) mass is 419 g/mol. The zero-order chi connectivity index (χ0) is 21.7. The van der Waals surface area contributed by atoms with Gasteiger partial charge in [-0.15, -0.1) is 0 Å². The molecule has 1 aromatic carbocycles. The summed E-state index contributed by atoms with van der Waals surface area (Å²) in [7, 11) is 3.20. The smallest absolute Gasteiger partial charge is 0.363 e. The zero-order valence-electron chi connectivity index (χ0n) is 16.3. The molecule has 0 atom stereocenters. The number of carbonyl (C=O) groups is 1. The summed E-state index contributed by atoms with van der Waals surface area (Å²) in [5.41, 5.74) is 0.271. The number of benzene rings is 1. The van der Waals surface area contributed by atoms with Crippen molar-refractivity contribution in [2.75, 3.05) is 29.6 Å². The summed E-state index contributed by atoms with van der Waals surface area (Å²) in [6, 6.07) is 9.55. The number of anilines is 3. The molecule has 3 rings (SSSR count). The van der Waals surface area contributed by atoms with E-state index >= 15 is 0 Å². The number of hydrogen-bond acceptors (Lipinski definition) is 6.